The molecule has 0 spiro atoms. The van der Waals surface area contributed by atoms with Crippen molar-refractivity contribution in [3.05, 3.63) is 5.82 Å². The molecule has 2 rings (SSSR count). The molecule has 0 bridgehead atoms. The molecule has 7 nitrogen and oxygen atoms in total. The van der Waals surface area contributed by atoms with Crippen LogP contribution in [0.4, 0.5) is 0 Å². The zero-order chi connectivity index (χ0) is 20.2. The van der Waals surface area contributed by atoms with Gasteiger partial charge < -0.3 is 20.4 Å². The van der Waals surface area contributed by atoms with E-state index in [0.717, 1.165) is 30.4 Å². The van der Waals surface area contributed by atoms with E-state index in [1.165, 1.54) is 0 Å². The quantitative estimate of drug-likeness (QED) is 0.464. The number of amides is 1. The Bertz CT molecular complexity index is 646. The number of aromatic nitrogens is 3. The van der Waals surface area contributed by atoms with Gasteiger partial charge in [-0.1, -0.05) is 39.5 Å². The Hall–Kier alpha value is -1.12. The summed E-state index contributed by atoms with van der Waals surface area (Å²) < 4.78 is 7.88. The Morgan fingerprint density at radius 2 is 2.15 bits per heavy atom. The molecule has 154 valence electrons. The maximum atomic E-state index is 12.7. The van der Waals surface area contributed by atoms with Gasteiger partial charge in [-0.15, -0.1) is 10.2 Å². The molecule has 8 heteroatoms. The summed E-state index contributed by atoms with van der Waals surface area (Å²) in [4.78, 5) is 12.7. The highest BCUT2D eigenvalue weighted by Crippen LogP contribution is 2.49. The second kappa shape index (κ2) is 8.92. The van der Waals surface area contributed by atoms with E-state index in [9.17, 15) is 4.79 Å². The van der Waals surface area contributed by atoms with Gasteiger partial charge in [-0.05, 0) is 25.5 Å². The highest BCUT2D eigenvalue weighted by atomic mass is 32.2. The Morgan fingerprint density at radius 3 is 2.70 bits per heavy atom. The first-order valence-corrected chi connectivity index (χ1v) is 11.0. The molecule has 1 aliphatic rings. The molecule has 2 atom stereocenters. The summed E-state index contributed by atoms with van der Waals surface area (Å²) in [5, 5.41) is 12.5. The van der Waals surface area contributed by atoms with Crippen LogP contribution in [0.3, 0.4) is 0 Å². The van der Waals surface area contributed by atoms with E-state index in [1.807, 2.05) is 27.0 Å². The lowest BCUT2D eigenvalue weighted by Gasteiger charge is -2.57. The second-order valence-corrected chi connectivity index (χ2v) is 9.08. The fraction of sp³-hybridized carbons (Fsp3) is 0.842. The summed E-state index contributed by atoms with van der Waals surface area (Å²) in [6.45, 7) is 12.5. The molecular formula is C19H35N5O2S. The van der Waals surface area contributed by atoms with E-state index >= 15 is 0 Å². The minimum Gasteiger partial charge on any atom is -0.378 e. The van der Waals surface area contributed by atoms with Crippen molar-refractivity contribution >= 4 is 17.7 Å². The minimum absolute atomic E-state index is 0.0396. The van der Waals surface area contributed by atoms with Gasteiger partial charge in [-0.25, -0.2) is 0 Å². The number of ether oxygens (including phenoxy) is 1. The van der Waals surface area contributed by atoms with Crippen molar-refractivity contribution in [3.8, 4) is 0 Å². The van der Waals surface area contributed by atoms with Gasteiger partial charge in [0, 0.05) is 38.0 Å². The van der Waals surface area contributed by atoms with Crippen LogP contribution >= 0.6 is 11.8 Å². The highest BCUT2D eigenvalue weighted by molar-refractivity contribution is 7.98. The second-order valence-electron chi connectivity index (χ2n) is 8.31. The molecule has 0 aliphatic heterocycles. The molecule has 0 radical (unpaired) electrons. The number of thioether (sulfide) groups is 1. The van der Waals surface area contributed by atoms with Crippen LogP contribution in [0.2, 0.25) is 0 Å². The normalized spacial score (nSPS) is 24.1. The number of nitrogens with two attached hydrogens (primary N) is 1. The minimum atomic E-state index is -0.865. The standard InChI is InChI=1S/C19H35N5O2S/c1-7-26-14-11-19(20,18(14,4)5)16(25)21-10-8-9-15-22-23-17(27-6)24(15)12-13(2)3/h13-14H,7-12,20H2,1-6H3,(H,21,25). The van der Waals surface area contributed by atoms with Crippen LogP contribution in [0.1, 0.15) is 53.3 Å². The van der Waals surface area contributed by atoms with Crippen molar-refractivity contribution in [2.75, 3.05) is 19.4 Å². The van der Waals surface area contributed by atoms with Crippen molar-refractivity contribution in [3.63, 3.8) is 0 Å². The predicted molar refractivity (Wildman–Crippen MR) is 109 cm³/mol. The predicted octanol–water partition coefficient (Wildman–Crippen LogP) is 2.24. The van der Waals surface area contributed by atoms with Crippen LogP contribution < -0.4 is 11.1 Å². The lowest BCUT2D eigenvalue weighted by molar-refractivity contribution is -0.170. The molecular weight excluding hydrogens is 362 g/mol. The van der Waals surface area contributed by atoms with E-state index in [-0.39, 0.29) is 17.4 Å². The van der Waals surface area contributed by atoms with Crippen LogP contribution in [0.15, 0.2) is 5.16 Å². The van der Waals surface area contributed by atoms with Gasteiger partial charge in [0.25, 0.3) is 0 Å². The van der Waals surface area contributed by atoms with Crippen LogP contribution in [0, 0.1) is 11.3 Å². The van der Waals surface area contributed by atoms with Gasteiger partial charge in [-0.3, -0.25) is 4.79 Å². The van der Waals surface area contributed by atoms with Gasteiger partial charge in [0.15, 0.2) is 5.16 Å². The molecule has 1 aromatic heterocycles. The van der Waals surface area contributed by atoms with Crippen molar-refractivity contribution in [2.24, 2.45) is 17.1 Å². The third kappa shape index (κ3) is 4.49. The third-order valence-electron chi connectivity index (χ3n) is 5.62. The topological polar surface area (TPSA) is 95.1 Å². The molecule has 1 amide bonds. The number of hydrogen-bond donors (Lipinski definition) is 2. The zero-order valence-corrected chi connectivity index (χ0v) is 18.4. The summed E-state index contributed by atoms with van der Waals surface area (Å²) in [5.74, 6) is 1.42. The maximum Gasteiger partial charge on any atom is 0.240 e. The molecule has 1 fully saturated rings. The smallest absolute Gasteiger partial charge is 0.240 e. The number of nitrogens with one attached hydrogen (secondary N) is 1. The van der Waals surface area contributed by atoms with Crippen molar-refractivity contribution in [1.29, 1.82) is 0 Å². The van der Waals surface area contributed by atoms with Crippen LogP contribution in [-0.4, -0.2) is 51.7 Å². The summed E-state index contributed by atoms with van der Waals surface area (Å²) in [6.07, 6.45) is 4.21. The molecule has 1 saturated carbocycles. The summed E-state index contributed by atoms with van der Waals surface area (Å²) in [6, 6.07) is 0. The summed E-state index contributed by atoms with van der Waals surface area (Å²) >= 11 is 1.61. The third-order valence-corrected chi connectivity index (χ3v) is 6.29. The maximum absolute atomic E-state index is 12.7. The average Bonchev–Trinajstić information content (AvgIpc) is 2.99. The SMILES string of the molecule is CCOC1CC(N)(C(=O)NCCCc2nnc(SC)n2CC(C)C)C1(C)C. The summed E-state index contributed by atoms with van der Waals surface area (Å²) in [5.41, 5.74) is 5.19. The largest absolute Gasteiger partial charge is 0.378 e. The number of carbonyl (C=O) groups excluding carboxylic acids is 1. The molecule has 3 N–H and O–H groups in total. The number of nitrogens with zero attached hydrogens (tertiary/aromatic N) is 3. The van der Waals surface area contributed by atoms with Crippen LogP contribution in [0.25, 0.3) is 0 Å². The van der Waals surface area contributed by atoms with Gasteiger partial charge in [0.2, 0.25) is 5.91 Å². The highest BCUT2D eigenvalue weighted by Gasteiger charge is 2.62. The first-order chi connectivity index (χ1) is 12.7. The molecule has 1 aromatic rings. The van der Waals surface area contributed by atoms with E-state index in [0.29, 0.717) is 25.5 Å². The van der Waals surface area contributed by atoms with Crippen molar-refractivity contribution < 1.29 is 9.53 Å². The molecule has 1 heterocycles. The Kier molecular flexibility index (Phi) is 7.33. The molecule has 27 heavy (non-hydrogen) atoms. The zero-order valence-electron chi connectivity index (χ0n) is 17.5. The number of aryl methyl sites for hydroxylation is 1. The van der Waals surface area contributed by atoms with E-state index < -0.39 is 5.54 Å². The van der Waals surface area contributed by atoms with Crippen molar-refractivity contribution in [1.82, 2.24) is 20.1 Å². The fourth-order valence-electron chi connectivity index (χ4n) is 3.63. The summed E-state index contributed by atoms with van der Waals surface area (Å²) in [7, 11) is 0. The lowest BCUT2D eigenvalue weighted by Crippen LogP contribution is -2.75. The number of rotatable bonds is 10. The van der Waals surface area contributed by atoms with E-state index in [1.54, 1.807) is 11.8 Å². The average molecular weight is 398 g/mol. The van der Waals surface area contributed by atoms with Crippen LogP contribution in [-0.2, 0) is 22.5 Å². The van der Waals surface area contributed by atoms with Gasteiger partial charge in [-0.2, -0.15) is 0 Å². The van der Waals surface area contributed by atoms with Gasteiger partial charge in [0.05, 0.1) is 6.10 Å². The Morgan fingerprint density at radius 1 is 1.44 bits per heavy atom. The number of carbonyl (C=O) groups is 1. The van der Waals surface area contributed by atoms with Gasteiger partial charge in [0.1, 0.15) is 11.4 Å². The van der Waals surface area contributed by atoms with E-state index in [4.69, 9.17) is 10.5 Å². The monoisotopic (exact) mass is 397 g/mol. The Balaban J connectivity index is 1.85. The first-order valence-electron chi connectivity index (χ1n) is 9.82. The van der Waals surface area contributed by atoms with Gasteiger partial charge >= 0.3 is 0 Å². The Labute approximate surface area is 167 Å². The lowest BCUT2D eigenvalue weighted by atomic mass is 9.54. The number of hydrogen-bond acceptors (Lipinski definition) is 6. The van der Waals surface area contributed by atoms with Crippen LogP contribution in [0.5, 0.6) is 0 Å². The first kappa shape index (κ1) is 22.2. The van der Waals surface area contributed by atoms with Crippen molar-refractivity contribution in [2.45, 2.75) is 77.2 Å². The van der Waals surface area contributed by atoms with E-state index in [2.05, 4.69) is 33.9 Å². The fourth-order valence-corrected chi connectivity index (χ4v) is 4.15. The molecule has 2 unspecified atom stereocenters. The molecule has 0 saturated heterocycles. The molecule has 0 aromatic carbocycles. The molecule has 1 aliphatic carbocycles.